The highest BCUT2D eigenvalue weighted by molar-refractivity contribution is 6.31. The fraction of sp³-hybridized carbons (Fsp3) is 0. The van der Waals surface area contributed by atoms with Crippen LogP contribution in [-0.2, 0) is 0 Å². The minimum atomic E-state index is 0.714. The zero-order valence-electron chi connectivity index (χ0n) is 11.8. The van der Waals surface area contributed by atoms with Crippen molar-refractivity contribution in [2.75, 3.05) is 0 Å². The van der Waals surface area contributed by atoms with Gasteiger partial charge in [-0.05, 0) is 53.6 Å². The molecule has 0 amide bonds. The normalized spacial score (nSPS) is 11.0. The van der Waals surface area contributed by atoms with E-state index < -0.39 is 0 Å². The van der Waals surface area contributed by atoms with Crippen molar-refractivity contribution in [1.29, 1.82) is 0 Å². The van der Waals surface area contributed by atoms with Crippen molar-refractivity contribution >= 4 is 22.5 Å². The fourth-order valence-corrected chi connectivity index (χ4v) is 3.00. The number of nitrogens with zero attached hydrogens (tertiary/aromatic N) is 1. The second-order valence-electron chi connectivity index (χ2n) is 5.19. The van der Waals surface area contributed by atoms with E-state index in [1.807, 2.05) is 36.5 Å². The van der Waals surface area contributed by atoms with Gasteiger partial charge in [-0.3, -0.25) is 4.98 Å². The number of rotatable bonds is 2. The van der Waals surface area contributed by atoms with E-state index in [0.717, 1.165) is 22.3 Å². The van der Waals surface area contributed by atoms with E-state index in [9.17, 15) is 0 Å². The van der Waals surface area contributed by atoms with Gasteiger partial charge in [0.1, 0.15) is 0 Å². The molecule has 2 aromatic carbocycles. The van der Waals surface area contributed by atoms with E-state index in [4.69, 9.17) is 11.6 Å². The molecule has 0 bridgehead atoms. The quantitative estimate of drug-likeness (QED) is 0.516. The highest BCUT2D eigenvalue weighted by Gasteiger charge is 2.08. The molecule has 1 N–H and O–H groups in total. The Hall–Kier alpha value is -2.58. The lowest BCUT2D eigenvalue weighted by molar-refractivity contribution is 1.33. The van der Waals surface area contributed by atoms with E-state index in [2.05, 4.69) is 40.3 Å². The first-order chi connectivity index (χ1) is 10.8. The summed E-state index contributed by atoms with van der Waals surface area (Å²) in [4.78, 5) is 7.66. The largest absolute Gasteiger partial charge is 0.361 e. The maximum absolute atomic E-state index is 6.34. The lowest BCUT2D eigenvalue weighted by Crippen LogP contribution is -1.85. The van der Waals surface area contributed by atoms with Crippen LogP contribution in [0, 0.1) is 0 Å². The van der Waals surface area contributed by atoms with E-state index >= 15 is 0 Å². The van der Waals surface area contributed by atoms with Gasteiger partial charge in [0, 0.05) is 33.9 Å². The topological polar surface area (TPSA) is 28.7 Å². The molecule has 3 heteroatoms. The molecule has 0 atom stereocenters. The SMILES string of the molecule is Clc1cc(-c2ccccn2)cc(-c2cccc3[nH]ccc23)c1. The Labute approximate surface area is 133 Å². The van der Waals surface area contributed by atoms with Crippen LogP contribution in [0.5, 0.6) is 0 Å². The highest BCUT2D eigenvalue weighted by Crippen LogP contribution is 2.33. The van der Waals surface area contributed by atoms with E-state index in [0.29, 0.717) is 5.02 Å². The Balaban J connectivity index is 1.93. The van der Waals surface area contributed by atoms with Gasteiger partial charge in [0.2, 0.25) is 0 Å². The number of fused-ring (bicyclic) bond motifs is 1. The van der Waals surface area contributed by atoms with Gasteiger partial charge in [-0.15, -0.1) is 0 Å². The van der Waals surface area contributed by atoms with Crippen molar-refractivity contribution in [2.24, 2.45) is 0 Å². The van der Waals surface area contributed by atoms with Gasteiger partial charge in [-0.1, -0.05) is 29.8 Å². The van der Waals surface area contributed by atoms with Crippen molar-refractivity contribution in [3.8, 4) is 22.4 Å². The van der Waals surface area contributed by atoms with Gasteiger partial charge in [-0.2, -0.15) is 0 Å². The average Bonchev–Trinajstić information content (AvgIpc) is 3.03. The number of aromatic nitrogens is 2. The molecule has 0 aliphatic rings. The molecule has 4 aromatic rings. The van der Waals surface area contributed by atoms with Gasteiger partial charge in [0.15, 0.2) is 0 Å². The summed E-state index contributed by atoms with van der Waals surface area (Å²) in [6, 6.07) is 20.3. The predicted octanol–water partition coefficient (Wildman–Crippen LogP) is 5.55. The van der Waals surface area contributed by atoms with Gasteiger partial charge < -0.3 is 4.98 Å². The molecule has 106 valence electrons. The molecule has 0 saturated carbocycles. The summed E-state index contributed by atoms with van der Waals surface area (Å²) in [7, 11) is 0. The molecule has 0 radical (unpaired) electrons. The van der Waals surface area contributed by atoms with Crippen LogP contribution in [0.4, 0.5) is 0 Å². The summed E-state index contributed by atoms with van der Waals surface area (Å²) >= 11 is 6.34. The molecule has 4 rings (SSSR count). The van der Waals surface area contributed by atoms with Crippen LogP contribution < -0.4 is 0 Å². The third-order valence-corrected chi connectivity index (χ3v) is 3.98. The number of halogens is 1. The Morgan fingerprint density at radius 3 is 2.64 bits per heavy atom. The number of hydrogen-bond acceptors (Lipinski definition) is 1. The highest BCUT2D eigenvalue weighted by atomic mass is 35.5. The molecule has 0 aliphatic carbocycles. The first-order valence-corrected chi connectivity index (χ1v) is 7.47. The van der Waals surface area contributed by atoms with E-state index in [-0.39, 0.29) is 0 Å². The Morgan fingerprint density at radius 2 is 1.77 bits per heavy atom. The van der Waals surface area contributed by atoms with Crippen molar-refractivity contribution in [3.05, 3.63) is 78.1 Å². The minimum absolute atomic E-state index is 0.714. The minimum Gasteiger partial charge on any atom is -0.361 e. The standard InChI is InChI=1S/C19H13ClN2/c20-15-11-13(10-14(12-15)18-5-1-2-8-21-18)16-4-3-6-19-17(16)7-9-22-19/h1-12,22H. The maximum Gasteiger partial charge on any atom is 0.0702 e. The van der Waals surface area contributed by atoms with Crippen molar-refractivity contribution in [1.82, 2.24) is 9.97 Å². The van der Waals surface area contributed by atoms with Crippen LogP contribution in [-0.4, -0.2) is 9.97 Å². The molecule has 2 nitrogen and oxygen atoms in total. The van der Waals surface area contributed by atoms with Crippen LogP contribution in [0.15, 0.2) is 73.1 Å². The summed E-state index contributed by atoms with van der Waals surface area (Å²) in [6.07, 6.45) is 3.75. The molecule has 22 heavy (non-hydrogen) atoms. The number of H-pyrrole nitrogens is 1. The summed E-state index contributed by atoms with van der Waals surface area (Å²) in [6.45, 7) is 0. The number of nitrogens with one attached hydrogen (secondary N) is 1. The van der Waals surface area contributed by atoms with Crippen molar-refractivity contribution in [3.63, 3.8) is 0 Å². The molecule has 0 unspecified atom stereocenters. The summed E-state index contributed by atoms with van der Waals surface area (Å²) in [5.41, 5.74) is 5.33. The van der Waals surface area contributed by atoms with Crippen molar-refractivity contribution < 1.29 is 0 Å². The summed E-state index contributed by atoms with van der Waals surface area (Å²) in [5, 5.41) is 1.91. The molecule has 2 aromatic heterocycles. The zero-order chi connectivity index (χ0) is 14.9. The first-order valence-electron chi connectivity index (χ1n) is 7.10. The van der Waals surface area contributed by atoms with Crippen LogP contribution in [0.3, 0.4) is 0 Å². The second-order valence-corrected chi connectivity index (χ2v) is 5.62. The predicted molar refractivity (Wildman–Crippen MR) is 92.0 cm³/mol. The molecule has 0 spiro atoms. The van der Waals surface area contributed by atoms with Crippen LogP contribution in [0.1, 0.15) is 0 Å². The summed E-state index contributed by atoms with van der Waals surface area (Å²) < 4.78 is 0. The van der Waals surface area contributed by atoms with E-state index in [1.165, 1.54) is 10.9 Å². The lowest BCUT2D eigenvalue weighted by Gasteiger charge is -2.08. The molecule has 0 fully saturated rings. The number of benzene rings is 2. The second kappa shape index (κ2) is 5.32. The van der Waals surface area contributed by atoms with Crippen LogP contribution in [0.2, 0.25) is 5.02 Å². The maximum atomic E-state index is 6.34. The third kappa shape index (κ3) is 2.28. The first kappa shape index (κ1) is 13.1. The van der Waals surface area contributed by atoms with Gasteiger partial charge in [0.05, 0.1) is 5.69 Å². The molecule has 0 aliphatic heterocycles. The Bertz CT molecular complexity index is 942. The van der Waals surface area contributed by atoms with Crippen LogP contribution in [0.25, 0.3) is 33.3 Å². The number of hydrogen-bond donors (Lipinski definition) is 1. The molecular weight excluding hydrogens is 292 g/mol. The summed E-state index contributed by atoms with van der Waals surface area (Å²) in [5.74, 6) is 0. The zero-order valence-corrected chi connectivity index (χ0v) is 12.5. The van der Waals surface area contributed by atoms with Crippen LogP contribution >= 0.6 is 11.6 Å². The van der Waals surface area contributed by atoms with Crippen molar-refractivity contribution in [2.45, 2.75) is 0 Å². The smallest absolute Gasteiger partial charge is 0.0702 e. The Morgan fingerprint density at radius 1 is 0.864 bits per heavy atom. The lowest BCUT2D eigenvalue weighted by atomic mass is 9.99. The van der Waals surface area contributed by atoms with E-state index in [1.54, 1.807) is 6.20 Å². The average molecular weight is 305 g/mol. The van der Waals surface area contributed by atoms with Gasteiger partial charge >= 0.3 is 0 Å². The van der Waals surface area contributed by atoms with Gasteiger partial charge in [0.25, 0.3) is 0 Å². The number of pyridine rings is 1. The Kier molecular flexibility index (Phi) is 3.17. The third-order valence-electron chi connectivity index (χ3n) is 3.76. The fourth-order valence-electron chi connectivity index (χ4n) is 2.76. The monoisotopic (exact) mass is 304 g/mol. The molecule has 2 heterocycles. The molecular formula is C19H13ClN2. The number of aromatic amines is 1. The van der Waals surface area contributed by atoms with Gasteiger partial charge in [-0.25, -0.2) is 0 Å². The molecule has 0 saturated heterocycles.